The molecule has 1 rings (SSSR count). The minimum atomic E-state index is 0.278. The van der Waals surface area contributed by atoms with Gasteiger partial charge in [0.1, 0.15) is 5.78 Å². The third-order valence-corrected chi connectivity index (χ3v) is 2.74. The van der Waals surface area contributed by atoms with Crippen LogP contribution in [0.25, 0.3) is 0 Å². The average molecular weight is 182 g/mol. The lowest BCUT2D eigenvalue weighted by Gasteiger charge is -2.20. The predicted molar refractivity (Wildman–Crippen MR) is 52.3 cm³/mol. The normalized spacial score (nSPS) is 22.8. The summed E-state index contributed by atoms with van der Waals surface area (Å²) in [4.78, 5) is 11.4. The molecular formula is C11H18O2. The van der Waals surface area contributed by atoms with Gasteiger partial charge >= 0.3 is 0 Å². The Balaban J connectivity index is 2.26. The summed E-state index contributed by atoms with van der Waals surface area (Å²) in [6.07, 6.45) is 5.88. The van der Waals surface area contributed by atoms with Crippen LogP contribution in [0.2, 0.25) is 0 Å². The largest absolute Gasteiger partial charge is 0.502 e. The maximum Gasteiger partial charge on any atom is 0.135 e. The van der Waals surface area contributed by atoms with Crippen molar-refractivity contribution in [1.82, 2.24) is 0 Å². The molecular weight excluding hydrogens is 164 g/mol. The average Bonchev–Trinajstić information content (AvgIpc) is 2.16. The zero-order valence-electron chi connectivity index (χ0n) is 8.34. The van der Waals surface area contributed by atoms with Gasteiger partial charge in [0.15, 0.2) is 0 Å². The Kier molecular flexibility index (Phi) is 4.00. The highest BCUT2D eigenvalue weighted by molar-refractivity contribution is 5.81. The molecule has 0 N–H and O–H groups in total. The molecule has 1 atom stereocenters. The standard InChI is InChI=1S/C11H18O2/c1-9(13-2)7-8-10-5-3-4-6-11(10)12/h10H,1,3-8H2,2H3. The fourth-order valence-corrected chi connectivity index (χ4v) is 1.80. The second kappa shape index (κ2) is 5.05. The van der Waals surface area contributed by atoms with Gasteiger partial charge < -0.3 is 4.74 Å². The van der Waals surface area contributed by atoms with Gasteiger partial charge in [-0.2, -0.15) is 0 Å². The first kappa shape index (κ1) is 10.3. The first-order chi connectivity index (χ1) is 6.24. The van der Waals surface area contributed by atoms with Crippen molar-refractivity contribution in [3.8, 4) is 0 Å². The molecule has 1 saturated carbocycles. The van der Waals surface area contributed by atoms with Crippen molar-refractivity contribution in [3.63, 3.8) is 0 Å². The topological polar surface area (TPSA) is 26.3 Å². The lowest BCUT2D eigenvalue weighted by molar-refractivity contribution is -0.124. The highest BCUT2D eigenvalue weighted by Crippen LogP contribution is 2.25. The molecule has 0 saturated heterocycles. The van der Waals surface area contributed by atoms with Gasteiger partial charge in [0, 0.05) is 18.8 Å². The van der Waals surface area contributed by atoms with Crippen molar-refractivity contribution in [2.75, 3.05) is 7.11 Å². The third-order valence-electron chi connectivity index (χ3n) is 2.74. The lowest BCUT2D eigenvalue weighted by atomic mass is 9.85. The quantitative estimate of drug-likeness (QED) is 0.625. The van der Waals surface area contributed by atoms with E-state index in [2.05, 4.69) is 6.58 Å². The van der Waals surface area contributed by atoms with E-state index in [1.165, 1.54) is 6.42 Å². The van der Waals surface area contributed by atoms with E-state index in [9.17, 15) is 4.79 Å². The SMILES string of the molecule is C=C(CCC1CCCCC1=O)OC. The fourth-order valence-electron chi connectivity index (χ4n) is 1.80. The number of hydrogen-bond acceptors (Lipinski definition) is 2. The number of carbonyl (C=O) groups excluding carboxylic acids is 1. The molecule has 0 radical (unpaired) electrons. The third kappa shape index (κ3) is 3.21. The van der Waals surface area contributed by atoms with Crippen LogP contribution in [0.3, 0.4) is 0 Å². The number of hydrogen-bond donors (Lipinski definition) is 0. The molecule has 74 valence electrons. The molecule has 0 amide bonds. The molecule has 0 heterocycles. The van der Waals surface area contributed by atoms with Crippen LogP contribution in [0.15, 0.2) is 12.3 Å². The van der Waals surface area contributed by atoms with E-state index in [0.29, 0.717) is 5.78 Å². The molecule has 1 aliphatic rings. The first-order valence-electron chi connectivity index (χ1n) is 4.98. The first-order valence-corrected chi connectivity index (χ1v) is 4.98. The van der Waals surface area contributed by atoms with E-state index in [0.717, 1.165) is 37.9 Å². The Morgan fingerprint density at radius 2 is 2.38 bits per heavy atom. The van der Waals surface area contributed by atoms with E-state index >= 15 is 0 Å². The van der Waals surface area contributed by atoms with Crippen molar-refractivity contribution in [1.29, 1.82) is 0 Å². The predicted octanol–water partition coefficient (Wildman–Crippen LogP) is 2.69. The van der Waals surface area contributed by atoms with Crippen molar-refractivity contribution in [2.45, 2.75) is 38.5 Å². The number of methoxy groups -OCH3 is 1. The lowest BCUT2D eigenvalue weighted by Crippen LogP contribution is -2.18. The Morgan fingerprint density at radius 1 is 1.62 bits per heavy atom. The Morgan fingerprint density at radius 3 is 3.00 bits per heavy atom. The molecule has 0 aromatic carbocycles. The van der Waals surface area contributed by atoms with Gasteiger partial charge in [-0.1, -0.05) is 13.0 Å². The van der Waals surface area contributed by atoms with Crippen LogP contribution in [0.4, 0.5) is 0 Å². The van der Waals surface area contributed by atoms with Crippen LogP contribution in [-0.4, -0.2) is 12.9 Å². The molecule has 0 aliphatic heterocycles. The van der Waals surface area contributed by atoms with Crippen molar-refractivity contribution in [3.05, 3.63) is 12.3 Å². The van der Waals surface area contributed by atoms with Crippen LogP contribution < -0.4 is 0 Å². The number of ether oxygens (including phenoxy) is 1. The van der Waals surface area contributed by atoms with E-state index in [4.69, 9.17) is 4.74 Å². The monoisotopic (exact) mass is 182 g/mol. The molecule has 13 heavy (non-hydrogen) atoms. The van der Waals surface area contributed by atoms with E-state index in [1.807, 2.05) is 0 Å². The van der Waals surface area contributed by atoms with Crippen LogP contribution in [0.1, 0.15) is 38.5 Å². The van der Waals surface area contributed by atoms with E-state index in [1.54, 1.807) is 7.11 Å². The number of ketones is 1. The summed E-state index contributed by atoms with van der Waals surface area (Å²) in [6.45, 7) is 3.75. The van der Waals surface area contributed by atoms with Crippen molar-refractivity contribution >= 4 is 5.78 Å². The van der Waals surface area contributed by atoms with Gasteiger partial charge in [-0.3, -0.25) is 4.79 Å². The van der Waals surface area contributed by atoms with E-state index in [-0.39, 0.29) is 5.92 Å². The molecule has 0 spiro atoms. The molecule has 1 fully saturated rings. The Bertz CT molecular complexity index is 196. The number of rotatable bonds is 4. The summed E-state index contributed by atoms with van der Waals surface area (Å²) in [7, 11) is 1.63. The minimum Gasteiger partial charge on any atom is -0.502 e. The van der Waals surface area contributed by atoms with Crippen molar-refractivity contribution in [2.24, 2.45) is 5.92 Å². The fraction of sp³-hybridized carbons (Fsp3) is 0.727. The highest BCUT2D eigenvalue weighted by Gasteiger charge is 2.21. The Hall–Kier alpha value is -0.790. The number of Topliss-reactive ketones (excluding diaryl/α,β-unsaturated/α-hetero) is 1. The maximum absolute atomic E-state index is 11.4. The molecule has 1 aliphatic carbocycles. The van der Waals surface area contributed by atoms with Gasteiger partial charge in [-0.05, 0) is 19.3 Å². The van der Waals surface area contributed by atoms with Crippen LogP contribution in [0.5, 0.6) is 0 Å². The second-order valence-electron chi connectivity index (χ2n) is 3.69. The highest BCUT2D eigenvalue weighted by atomic mass is 16.5. The smallest absolute Gasteiger partial charge is 0.135 e. The van der Waals surface area contributed by atoms with Crippen LogP contribution in [-0.2, 0) is 9.53 Å². The molecule has 0 bridgehead atoms. The van der Waals surface area contributed by atoms with Gasteiger partial charge in [0.2, 0.25) is 0 Å². The van der Waals surface area contributed by atoms with E-state index < -0.39 is 0 Å². The minimum absolute atomic E-state index is 0.278. The van der Waals surface area contributed by atoms with Gasteiger partial charge in [-0.15, -0.1) is 0 Å². The summed E-state index contributed by atoms with van der Waals surface area (Å²) in [6, 6.07) is 0. The zero-order chi connectivity index (χ0) is 9.68. The zero-order valence-corrected chi connectivity index (χ0v) is 8.34. The molecule has 0 aromatic heterocycles. The summed E-state index contributed by atoms with van der Waals surface area (Å²) in [5, 5.41) is 0. The second-order valence-corrected chi connectivity index (χ2v) is 3.69. The summed E-state index contributed by atoms with van der Waals surface area (Å²) >= 11 is 0. The molecule has 2 nitrogen and oxygen atoms in total. The maximum atomic E-state index is 11.4. The van der Waals surface area contributed by atoms with Gasteiger partial charge in [0.25, 0.3) is 0 Å². The summed E-state index contributed by atoms with van der Waals surface area (Å²) in [5.74, 6) is 1.51. The Labute approximate surface area is 80.0 Å². The number of carbonyl (C=O) groups is 1. The van der Waals surface area contributed by atoms with Gasteiger partial charge in [0.05, 0.1) is 12.9 Å². The summed E-state index contributed by atoms with van der Waals surface area (Å²) in [5.41, 5.74) is 0. The number of allylic oxidation sites excluding steroid dienone is 1. The van der Waals surface area contributed by atoms with Crippen LogP contribution in [0, 0.1) is 5.92 Å². The summed E-state index contributed by atoms with van der Waals surface area (Å²) < 4.78 is 4.97. The van der Waals surface area contributed by atoms with Crippen molar-refractivity contribution < 1.29 is 9.53 Å². The van der Waals surface area contributed by atoms with Crippen LogP contribution >= 0.6 is 0 Å². The van der Waals surface area contributed by atoms with Gasteiger partial charge in [-0.25, -0.2) is 0 Å². The molecule has 2 heteroatoms. The molecule has 1 unspecified atom stereocenters. The molecule has 0 aromatic rings.